The molecular formula is C11H14N4. The minimum absolute atomic E-state index is 0.183. The summed E-state index contributed by atoms with van der Waals surface area (Å²) in [6.07, 6.45) is 4.74. The lowest BCUT2D eigenvalue weighted by molar-refractivity contribution is 0.395. The maximum absolute atomic E-state index is 4.43. The Morgan fingerprint density at radius 3 is 3.13 bits per heavy atom. The van der Waals surface area contributed by atoms with Gasteiger partial charge < -0.3 is 15.3 Å². The van der Waals surface area contributed by atoms with Gasteiger partial charge in [0.1, 0.15) is 5.54 Å². The van der Waals surface area contributed by atoms with Gasteiger partial charge in [-0.3, -0.25) is 0 Å². The van der Waals surface area contributed by atoms with Crippen LogP contribution in [-0.2, 0) is 12.0 Å². The van der Waals surface area contributed by atoms with Gasteiger partial charge in [0, 0.05) is 30.6 Å². The van der Waals surface area contributed by atoms with Gasteiger partial charge >= 0.3 is 0 Å². The Bertz CT molecular complexity index is 457. The van der Waals surface area contributed by atoms with Crippen molar-refractivity contribution in [1.29, 1.82) is 0 Å². The lowest BCUT2D eigenvalue weighted by Gasteiger charge is -2.33. The van der Waals surface area contributed by atoms with E-state index in [4.69, 9.17) is 0 Å². The standard InChI is InChI=1S/C11H14N4/c1-11(9-3-2-5-12-9)10-8(4-6-15-11)13-7-14-10/h2-3,5,7,12,15H,4,6H2,1H3,(H,13,14). The molecule has 1 aliphatic rings. The molecule has 0 aliphatic carbocycles. The number of imidazole rings is 1. The van der Waals surface area contributed by atoms with Crippen molar-refractivity contribution in [3.8, 4) is 0 Å². The maximum atomic E-state index is 4.43. The van der Waals surface area contributed by atoms with E-state index in [1.165, 1.54) is 5.69 Å². The third kappa shape index (κ3) is 1.15. The lowest BCUT2D eigenvalue weighted by Crippen LogP contribution is -2.46. The van der Waals surface area contributed by atoms with Crippen molar-refractivity contribution in [2.45, 2.75) is 18.9 Å². The molecule has 3 N–H and O–H groups in total. The second kappa shape index (κ2) is 2.97. The van der Waals surface area contributed by atoms with Crippen LogP contribution in [0.25, 0.3) is 0 Å². The zero-order chi connectivity index (χ0) is 10.3. The summed E-state index contributed by atoms with van der Waals surface area (Å²) in [4.78, 5) is 10.9. The van der Waals surface area contributed by atoms with Crippen LogP contribution in [0.2, 0.25) is 0 Å². The highest BCUT2D eigenvalue weighted by atomic mass is 15.1. The van der Waals surface area contributed by atoms with Crippen LogP contribution in [-0.4, -0.2) is 21.5 Å². The number of nitrogens with zero attached hydrogens (tertiary/aromatic N) is 1. The van der Waals surface area contributed by atoms with Gasteiger partial charge in [0.05, 0.1) is 12.0 Å². The molecule has 78 valence electrons. The fraction of sp³-hybridized carbons (Fsp3) is 0.364. The molecule has 0 amide bonds. The van der Waals surface area contributed by atoms with Crippen molar-refractivity contribution in [2.24, 2.45) is 0 Å². The first-order chi connectivity index (χ1) is 7.31. The molecule has 1 unspecified atom stereocenters. The van der Waals surface area contributed by atoms with Crippen LogP contribution in [0.4, 0.5) is 0 Å². The smallest absolute Gasteiger partial charge is 0.100 e. The predicted octanol–water partition coefficient (Wildman–Crippen LogP) is 1.15. The maximum Gasteiger partial charge on any atom is 0.100 e. The number of H-pyrrole nitrogens is 2. The van der Waals surface area contributed by atoms with Crippen LogP contribution >= 0.6 is 0 Å². The molecule has 2 aromatic rings. The number of hydrogen-bond donors (Lipinski definition) is 3. The van der Waals surface area contributed by atoms with Crippen molar-refractivity contribution in [1.82, 2.24) is 20.3 Å². The molecule has 0 fully saturated rings. The van der Waals surface area contributed by atoms with Gasteiger partial charge in [0.25, 0.3) is 0 Å². The quantitative estimate of drug-likeness (QED) is 0.649. The molecule has 0 bridgehead atoms. The molecule has 1 aliphatic heterocycles. The summed E-state index contributed by atoms with van der Waals surface area (Å²) in [6.45, 7) is 3.14. The average Bonchev–Trinajstić information content (AvgIpc) is 2.89. The molecule has 3 rings (SSSR count). The van der Waals surface area contributed by atoms with Crippen LogP contribution in [0.15, 0.2) is 24.7 Å². The van der Waals surface area contributed by atoms with E-state index in [0.717, 1.165) is 24.4 Å². The van der Waals surface area contributed by atoms with Crippen LogP contribution in [0.3, 0.4) is 0 Å². The summed E-state index contributed by atoms with van der Waals surface area (Å²) >= 11 is 0. The number of nitrogens with one attached hydrogen (secondary N) is 3. The third-order valence-corrected chi connectivity index (χ3v) is 3.18. The lowest BCUT2D eigenvalue weighted by atomic mass is 9.88. The van der Waals surface area contributed by atoms with E-state index in [2.05, 4.69) is 33.3 Å². The highest BCUT2D eigenvalue weighted by molar-refractivity contribution is 5.34. The predicted molar refractivity (Wildman–Crippen MR) is 57.5 cm³/mol. The van der Waals surface area contributed by atoms with Crippen molar-refractivity contribution in [3.63, 3.8) is 0 Å². The molecule has 4 nitrogen and oxygen atoms in total. The SMILES string of the molecule is CC1(c2ccc[nH]2)NCCc2[nH]cnc21. The zero-order valence-corrected chi connectivity index (χ0v) is 8.67. The first-order valence-corrected chi connectivity index (χ1v) is 5.22. The summed E-state index contributed by atoms with van der Waals surface area (Å²) in [7, 11) is 0. The highest BCUT2D eigenvalue weighted by Crippen LogP contribution is 2.31. The minimum atomic E-state index is -0.183. The molecule has 3 heterocycles. The summed E-state index contributed by atoms with van der Waals surface area (Å²) in [5.74, 6) is 0. The van der Waals surface area contributed by atoms with E-state index in [0.29, 0.717) is 0 Å². The Labute approximate surface area is 88.1 Å². The summed E-state index contributed by atoms with van der Waals surface area (Å²) in [5, 5.41) is 3.53. The molecule has 0 saturated carbocycles. The fourth-order valence-electron chi connectivity index (χ4n) is 2.33. The molecule has 15 heavy (non-hydrogen) atoms. The zero-order valence-electron chi connectivity index (χ0n) is 8.67. The number of hydrogen-bond acceptors (Lipinski definition) is 2. The Balaban J connectivity index is 2.15. The molecule has 0 saturated heterocycles. The van der Waals surface area contributed by atoms with Crippen LogP contribution in [0, 0.1) is 0 Å². The van der Waals surface area contributed by atoms with Crippen LogP contribution in [0.5, 0.6) is 0 Å². The second-order valence-corrected chi connectivity index (χ2v) is 4.12. The fourth-order valence-corrected chi connectivity index (χ4v) is 2.33. The van der Waals surface area contributed by atoms with E-state index in [-0.39, 0.29) is 5.54 Å². The van der Waals surface area contributed by atoms with E-state index in [9.17, 15) is 0 Å². The molecule has 0 aromatic carbocycles. The van der Waals surface area contributed by atoms with Crippen LogP contribution in [0.1, 0.15) is 24.0 Å². The molecule has 4 heteroatoms. The molecule has 1 atom stereocenters. The van der Waals surface area contributed by atoms with Gasteiger partial charge in [-0.05, 0) is 19.1 Å². The van der Waals surface area contributed by atoms with Crippen molar-refractivity contribution >= 4 is 0 Å². The number of fused-ring (bicyclic) bond motifs is 1. The number of rotatable bonds is 1. The first kappa shape index (κ1) is 8.73. The Morgan fingerprint density at radius 1 is 1.40 bits per heavy atom. The molecule has 0 spiro atoms. The van der Waals surface area contributed by atoms with Gasteiger partial charge in [0.15, 0.2) is 0 Å². The number of aromatic nitrogens is 3. The summed E-state index contributed by atoms with van der Waals surface area (Å²) in [6, 6.07) is 4.11. The molecular weight excluding hydrogens is 188 g/mol. The number of aromatic amines is 2. The van der Waals surface area contributed by atoms with E-state index < -0.39 is 0 Å². The second-order valence-electron chi connectivity index (χ2n) is 4.12. The van der Waals surface area contributed by atoms with Gasteiger partial charge in [-0.2, -0.15) is 0 Å². The van der Waals surface area contributed by atoms with Gasteiger partial charge in [0.2, 0.25) is 0 Å². The van der Waals surface area contributed by atoms with Gasteiger partial charge in [-0.1, -0.05) is 0 Å². The normalized spacial score (nSPS) is 25.1. The topological polar surface area (TPSA) is 56.5 Å². The first-order valence-electron chi connectivity index (χ1n) is 5.22. The highest BCUT2D eigenvalue weighted by Gasteiger charge is 2.36. The van der Waals surface area contributed by atoms with E-state index in [1.807, 2.05) is 12.3 Å². The molecule has 2 aromatic heterocycles. The monoisotopic (exact) mass is 202 g/mol. The Kier molecular flexibility index (Phi) is 1.73. The van der Waals surface area contributed by atoms with Gasteiger partial charge in [-0.25, -0.2) is 4.98 Å². The van der Waals surface area contributed by atoms with E-state index >= 15 is 0 Å². The molecule has 0 radical (unpaired) electrons. The average molecular weight is 202 g/mol. The Morgan fingerprint density at radius 2 is 2.33 bits per heavy atom. The van der Waals surface area contributed by atoms with Crippen molar-refractivity contribution in [2.75, 3.05) is 6.54 Å². The van der Waals surface area contributed by atoms with Gasteiger partial charge in [-0.15, -0.1) is 0 Å². The summed E-state index contributed by atoms with van der Waals surface area (Å²) < 4.78 is 0. The Hall–Kier alpha value is -1.55. The minimum Gasteiger partial charge on any atom is -0.363 e. The van der Waals surface area contributed by atoms with Crippen LogP contribution < -0.4 is 5.32 Å². The summed E-state index contributed by atoms with van der Waals surface area (Å²) in [5.41, 5.74) is 3.33. The van der Waals surface area contributed by atoms with Crippen molar-refractivity contribution in [3.05, 3.63) is 41.7 Å². The largest absolute Gasteiger partial charge is 0.363 e. The van der Waals surface area contributed by atoms with Crippen molar-refractivity contribution < 1.29 is 0 Å². The van der Waals surface area contributed by atoms with E-state index in [1.54, 1.807) is 6.33 Å². The third-order valence-electron chi connectivity index (χ3n) is 3.18.